The highest BCUT2D eigenvalue weighted by atomic mass is 35.5. The van der Waals surface area contributed by atoms with E-state index in [1.165, 1.54) is 0 Å². The Morgan fingerprint density at radius 2 is 1.54 bits per heavy atom. The van der Waals surface area contributed by atoms with Crippen molar-refractivity contribution in [3.8, 4) is 11.5 Å². The molecule has 24 heavy (non-hydrogen) atoms. The topological polar surface area (TPSA) is 76.2 Å². The molecule has 3 N–H and O–H groups in total. The zero-order chi connectivity index (χ0) is 18.8. The largest absolute Gasteiger partial charge is 0.478 e. The number of carboxylic acids is 1. The molecule has 0 aliphatic rings. The van der Waals surface area contributed by atoms with Gasteiger partial charge in [-0.05, 0) is 16.6 Å². The van der Waals surface area contributed by atoms with Gasteiger partial charge in [0, 0.05) is 0 Å². The zero-order valence-electron chi connectivity index (χ0n) is 14.9. The van der Waals surface area contributed by atoms with E-state index in [1.54, 1.807) is 0 Å². The van der Waals surface area contributed by atoms with Crippen molar-refractivity contribution in [3.05, 3.63) is 21.4 Å². The first-order chi connectivity index (χ1) is 11.0. The van der Waals surface area contributed by atoms with Gasteiger partial charge in [-0.3, -0.25) is 0 Å². The molecule has 0 unspecified atom stereocenters. The number of nitrogens with zero attached hydrogens (tertiary/aromatic N) is 1. The number of aromatic carboxylic acids is 1. The minimum absolute atomic E-state index is 0.0285. The average molecular weight is 387 g/mol. The molecule has 0 saturated carbocycles. The molecule has 132 valence electrons. The van der Waals surface area contributed by atoms with Crippen molar-refractivity contribution in [2.75, 3.05) is 5.73 Å². The van der Waals surface area contributed by atoms with Crippen LogP contribution in [0.3, 0.4) is 0 Å². The van der Waals surface area contributed by atoms with E-state index in [0.29, 0.717) is 16.6 Å². The summed E-state index contributed by atoms with van der Waals surface area (Å²) in [4.78, 5) is 15.2. The van der Waals surface area contributed by atoms with Crippen LogP contribution in [0.4, 0.5) is 5.69 Å². The van der Waals surface area contributed by atoms with Crippen molar-refractivity contribution >= 4 is 42.9 Å². The van der Waals surface area contributed by atoms with Crippen LogP contribution in [-0.4, -0.2) is 24.1 Å². The highest BCUT2D eigenvalue weighted by Gasteiger charge is 2.41. The van der Waals surface area contributed by atoms with Crippen molar-refractivity contribution in [2.24, 2.45) is 0 Å². The Bertz CT molecular complexity index is 685. The summed E-state index contributed by atoms with van der Waals surface area (Å²) < 4.78 is 0. The second-order valence-corrected chi connectivity index (χ2v) is 13.1. The number of nitrogen functional groups attached to an aromatic ring is 1. The van der Waals surface area contributed by atoms with Gasteiger partial charge in [0.25, 0.3) is 0 Å². The molecular formula is C17H24Cl2N2O2Si. The molecule has 1 aromatic heterocycles. The number of anilines is 1. The highest BCUT2D eigenvalue weighted by Crippen LogP contribution is 2.41. The van der Waals surface area contributed by atoms with E-state index in [2.05, 4.69) is 58.0 Å². The molecule has 0 saturated heterocycles. The van der Waals surface area contributed by atoms with E-state index in [-0.39, 0.29) is 27.1 Å². The van der Waals surface area contributed by atoms with Gasteiger partial charge in [-0.2, -0.15) is 0 Å². The minimum Gasteiger partial charge on any atom is -0.478 e. The number of pyridine rings is 1. The second kappa shape index (κ2) is 7.77. The van der Waals surface area contributed by atoms with E-state index in [9.17, 15) is 9.90 Å². The summed E-state index contributed by atoms with van der Waals surface area (Å²) in [5.74, 6) is 1.81. The lowest BCUT2D eigenvalue weighted by Gasteiger charge is -2.38. The molecule has 0 fully saturated rings. The van der Waals surface area contributed by atoms with Crippen molar-refractivity contribution in [1.29, 1.82) is 0 Å². The van der Waals surface area contributed by atoms with Gasteiger partial charge in [0.05, 0.1) is 11.3 Å². The lowest BCUT2D eigenvalue weighted by molar-refractivity contribution is 0.0698. The average Bonchev–Trinajstić information content (AvgIpc) is 2.40. The normalized spacial score (nSPS) is 11.8. The number of halogens is 2. The van der Waals surface area contributed by atoms with Crippen LogP contribution in [0, 0.1) is 11.5 Å². The van der Waals surface area contributed by atoms with E-state index in [0.717, 1.165) is 0 Å². The Morgan fingerprint density at radius 1 is 1.08 bits per heavy atom. The van der Waals surface area contributed by atoms with E-state index >= 15 is 0 Å². The predicted molar refractivity (Wildman–Crippen MR) is 104 cm³/mol. The van der Waals surface area contributed by atoms with Gasteiger partial charge < -0.3 is 10.8 Å². The number of rotatable bonds is 4. The third kappa shape index (κ3) is 3.71. The molecule has 0 amide bonds. The zero-order valence-corrected chi connectivity index (χ0v) is 17.4. The van der Waals surface area contributed by atoms with Crippen molar-refractivity contribution in [1.82, 2.24) is 4.98 Å². The van der Waals surface area contributed by atoms with E-state index < -0.39 is 14.0 Å². The summed E-state index contributed by atoms with van der Waals surface area (Å²) in [6.07, 6.45) is 0. The first-order valence-corrected chi connectivity index (χ1v) is 10.9. The molecule has 0 aliphatic carbocycles. The molecule has 0 spiro atoms. The summed E-state index contributed by atoms with van der Waals surface area (Å²) >= 11 is 12.0. The van der Waals surface area contributed by atoms with E-state index in [4.69, 9.17) is 28.9 Å². The summed E-state index contributed by atoms with van der Waals surface area (Å²) in [6.45, 7) is 13.1. The molecule has 0 aliphatic heterocycles. The summed E-state index contributed by atoms with van der Waals surface area (Å²) in [5.41, 5.74) is 10.7. The smallest absolute Gasteiger partial charge is 0.341 e. The molecule has 7 heteroatoms. The predicted octanol–water partition coefficient (Wildman–Crippen LogP) is 5.24. The summed E-state index contributed by atoms with van der Waals surface area (Å²) in [5, 5.41) is 9.08. The van der Waals surface area contributed by atoms with Crippen LogP contribution >= 0.6 is 23.2 Å². The summed E-state index contributed by atoms with van der Waals surface area (Å²) in [6, 6.07) is 0. The molecule has 4 nitrogen and oxygen atoms in total. The Kier molecular flexibility index (Phi) is 6.74. The van der Waals surface area contributed by atoms with Crippen LogP contribution in [0.1, 0.15) is 57.5 Å². The molecular weight excluding hydrogens is 363 g/mol. The number of hydrogen-bond acceptors (Lipinski definition) is 3. The standard InChI is InChI=1S/C17H24Cl2N2O2Si/c1-9(2)24(10(3)4,11(5)6)8-7-12-14(20)13(17(22)23)16(19)21-15(12)18/h9-11H,1-6H3,(H2,20,21)(H,22,23). The van der Waals surface area contributed by atoms with Crippen molar-refractivity contribution in [3.63, 3.8) is 0 Å². The van der Waals surface area contributed by atoms with Crippen LogP contribution in [0.5, 0.6) is 0 Å². The van der Waals surface area contributed by atoms with Gasteiger partial charge >= 0.3 is 5.97 Å². The maximum atomic E-state index is 11.3. The maximum absolute atomic E-state index is 11.3. The van der Waals surface area contributed by atoms with Crippen LogP contribution in [0.25, 0.3) is 0 Å². The third-order valence-corrected chi connectivity index (χ3v) is 11.5. The molecule has 1 aromatic rings. The van der Waals surface area contributed by atoms with Crippen molar-refractivity contribution < 1.29 is 9.90 Å². The molecule has 0 radical (unpaired) electrons. The van der Waals surface area contributed by atoms with Crippen LogP contribution < -0.4 is 5.73 Å². The number of carbonyl (C=O) groups is 1. The van der Waals surface area contributed by atoms with E-state index in [1.807, 2.05) is 0 Å². The molecule has 0 aromatic carbocycles. The molecule has 1 heterocycles. The summed E-state index contributed by atoms with van der Waals surface area (Å²) in [7, 11) is -2.00. The van der Waals surface area contributed by atoms with Crippen molar-refractivity contribution in [2.45, 2.75) is 58.2 Å². The van der Waals surface area contributed by atoms with Gasteiger partial charge in [0.2, 0.25) is 0 Å². The van der Waals surface area contributed by atoms with Crippen LogP contribution in [0.2, 0.25) is 26.9 Å². The second-order valence-electron chi connectivity index (χ2n) is 6.81. The fraction of sp³-hybridized carbons (Fsp3) is 0.529. The van der Waals surface area contributed by atoms with Gasteiger partial charge in [-0.1, -0.05) is 70.7 Å². The molecule has 0 bridgehead atoms. The number of nitrogens with two attached hydrogens (primary N) is 1. The minimum atomic E-state index is -2.00. The Hall–Kier alpha value is -1.22. The first kappa shape index (κ1) is 20.8. The number of hydrogen-bond donors (Lipinski definition) is 2. The fourth-order valence-corrected chi connectivity index (χ4v) is 9.22. The lowest BCUT2D eigenvalue weighted by atomic mass is 10.1. The monoisotopic (exact) mass is 386 g/mol. The van der Waals surface area contributed by atoms with Gasteiger partial charge in [-0.25, -0.2) is 9.78 Å². The molecule has 1 rings (SSSR count). The lowest BCUT2D eigenvalue weighted by Crippen LogP contribution is -2.43. The Morgan fingerprint density at radius 3 is 1.92 bits per heavy atom. The van der Waals surface area contributed by atoms with Gasteiger partial charge in [-0.15, -0.1) is 5.54 Å². The highest BCUT2D eigenvalue weighted by molar-refractivity contribution is 6.90. The van der Waals surface area contributed by atoms with Gasteiger partial charge in [0.1, 0.15) is 23.9 Å². The number of aromatic nitrogens is 1. The Balaban J connectivity index is 3.65. The number of carboxylic acid groups (broad SMARTS) is 1. The molecule has 0 atom stereocenters. The van der Waals surface area contributed by atoms with Crippen LogP contribution in [-0.2, 0) is 0 Å². The fourth-order valence-electron chi connectivity index (χ4n) is 3.47. The maximum Gasteiger partial charge on any atom is 0.341 e. The Labute approximate surface area is 154 Å². The first-order valence-electron chi connectivity index (χ1n) is 7.87. The SMILES string of the molecule is CC(C)[Si](C#Cc1c(Cl)nc(Cl)c(C(=O)O)c1N)(C(C)C)C(C)C. The van der Waals surface area contributed by atoms with Crippen LogP contribution in [0.15, 0.2) is 0 Å². The third-order valence-electron chi connectivity index (χ3n) is 4.63. The van der Waals surface area contributed by atoms with Gasteiger partial charge in [0.15, 0.2) is 0 Å². The quantitative estimate of drug-likeness (QED) is 0.421.